The highest BCUT2D eigenvalue weighted by molar-refractivity contribution is 5.62. The topological polar surface area (TPSA) is 63.8 Å². The quantitative estimate of drug-likeness (QED) is 0.926. The highest BCUT2D eigenvalue weighted by Gasteiger charge is 2.15. The molecule has 2 aromatic rings. The van der Waals surface area contributed by atoms with Crippen molar-refractivity contribution in [3.8, 4) is 11.3 Å². The van der Waals surface area contributed by atoms with E-state index in [1.807, 2.05) is 26.2 Å². The normalized spacial score (nSPS) is 18.6. The SMILES string of the molecule is Cc1noc(C)c1-c1cnc(CC[C@@H]2CCCN2)cn1. The molecule has 0 saturated carbocycles. The van der Waals surface area contributed by atoms with E-state index in [9.17, 15) is 0 Å². The van der Waals surface area contributed by atoms with Crippen LogP contribution in [0.4, 0.5) is 0 Å². The van der Waals surface area contributed by atoms with Gasteiger partial charge in [-0.3, -0.25) is 9.97 Å². The van der Waals surface area contributed by atoms with Crippen LogP contribution in [0.5, 0.6) is 0 Å². The van der Waals surface area contributed by atoms with Crippen molar-refractivity contribution in [2.45, 2.75) is 45.6 Å². The largest absolute Gasteiger partial charge is 0.361 e. The van der Waals surface area contributed by atoms with E-state index in [0.717, 1.165) is 47.8 Å². The van der Waals surface area contributed by atoms with Crippen molar-refractivity contribution in [1.29, 1.82) is 0 Å². The fraction of sp³-hybridized carbons (Fsp3) is 0.533. The lowest BCUT2D eigenvalue weighted by Crippen LogP contribution is -2.21. The smallest absolute Gasteiger partial charge is 0.143 e. The lowest BCUT2D eigenvalue weighted by atomic mass is 10.1. The molecule has 3 rings (SSSR count). The lowest BCUT2D eigenvalue weighted by Gasteiger charge is -2.09. The van der Waals surface area contributed by atoms with Gasteiger partial charge in [0, 0.05) is 12.2 Å². The highest BCUT2D eigenvalue weighted by Crippen LogP contribution is 2.24. The predicted octanol–water partition coefficient (Wildman–Crippen LogP) is 2.43. The molecule has 0 aliphatic carbocycles. The van der Waals surface area contributed by atoms with Crippen LogP contribution in [-0.4, -0.2) is 27.7 Å². The summed E-state index contributed by atoms with van der Waals surface area (Å²) in [6.45, 7) is 4.98. The third-order valence-corrected chi connectivity index (χ3v) is 3.91. The van der Waals surface area contributed by atoms with E-state index >= 15 is 0 Å². The maximum Gasteiger partial charge on any atom is 0.143 e. The van der Waals surface area contributed by atoms with Crippen LogP contribution in [0.15, 0.2) is 16.9 Å². The molecular weight excluding hydrogens is 252 g/mol. The van der Waals surface area contributed by atoms with Crippen LogP contribution in [-0.2, 0) is 6.42 Å². The molecule has 0 radical (unpaired) electrons. The summed E-state index contributed by atoms with van der Waals surface area (Å²) in [5.41, 5.74) is 3.71. The van der Waals surface area contributed by atoms with Gasteiger partial charge in [0.1, 0.15) is 5.76 Å². The Morgan fingerprint density at radius 1 is 1.30 bits per heavy atom. The summed E-state index contributed by atoms with van der Waals surface area (Å²) in [7, 11) is 0. The fourth-order valence-electron chi connectivity index (χ4n) is 2.79. The van der Waals surface area contributed by atoms with E-state index in [1.54, 1.807) is 0 Å². The van der Waals surface area contributed by atoms with E-state index in [-0.39, 0.29) is 0 Å². The van der Waals surface area contributed by atoms with Gasteiger partial charge in [-0.15, -0.1) is 0 Å². The second-order valence-corrected chi connectivity index (χ2v) is 5.42. The van der Waals surface area contributed by atoms with Gasteiger partial charge in [-0.25, -0.2) is 0 Å². The molecule has 20 heavy (non-hydrogen) atoms. The van der Waals surface area contributed by atoms with Crippen LogP contribution in [0.1, 0.15) is 36.4 Å². The van der Waals surface area contributed by atoms with Crippen molar-refractivity contribution in [2.75, 3.05) is 6.54 Å². The van der Waals surface area contributed by atoms with Crippen LogP contribution < -0.4 is 5.32 Å². The molecule has 0 bridgehead atoms. The number of aromatic nitrogens is 3. The molecule has 0 amide bonds. The van der Waals surface area contributed by atoms with Crippen molar-refractivity contribution in [3.05, 3.63) is 29.5 Å². The van der Waals surface area contributed by atoms with E-state index in [2.05, 4.69) is 20.4 Å². The number of rotatable bonds is 4. The minimum atomic E-state index is 0.652. The van der Waals surface area contributed by atoms with Crippen LogP contribution in [0.25, 0.3) is 11.3 Å². The molecule has 0 spiro atoms. The molecule has 0 aromatic carbocycles. The number of hydrogen-bond donors (Lipinski definition) is 1. The van der Waals surface area contributed by atoms with Crippen LogP contribution >= 0.6 is 0 Å². The van der Waals surface area contributed by atoms with Gasteiger partial charge >= 0.3 is 0 Å². The molecule has 1 N–H and O–H groups in total. The Bertz CT molecular complexity index is 551. The summed E-state index contributed by atoms with van der Waals surface area (Å²) < 4.78 is 5.17. The highest BCUT2D eigenvalue weighted by atomic mass is 16.5. The lowest BCUT2D eigenvalue weighted by molar-refractivity contribution is 0.393. The van der Waals surface area contributed by atoms with Crippen molar-refractivity contribution in [2.24, 2.45) is 0 Å². The van der Waals surface area contributed by atoms with E-state index in [0.29, 0.717) is 6.04 Å². The first-order chi connectivity index (χ1) is 9.74. The minimum absolute atomic E-state index is 0.652. The third kappa shape index (κ3) is 2.72. The number of aryl methyl sites for hydroxylation is 3. The first-order valence-corrected chi connectivity index (χ1v) is 7.21. The average Bonchev–Trinajstić information content (AvgIpc) is 3.08. The van der Waals surface area contributed by atoms with Crippen molar-refractivity contribution in [3.63, 3.8) is 0 Å². The minimum Gasteiger partial charge on any atom is -0.361 e. The third-order valence-electron chi connectivity index (χ3n) is 3.91. The van der Waals surface area contributed by atoms with E-state index in [1.165, 1.54) is 12.8 Å². The summed E-state index contributed by atoms with van der Waals surface area (Å²) in [5, 5.41) is 7.46. The van der Waals surface area contributed by atoms with Gasteiger partial charge < -0.3 is 9.84 Å². The Kier molecular flexibility index (Phi) is 3.78. The molecular formula is C15H20N4O. The first kappa shape index (κ1) is 13.2. The zero-order valence-corrected chi connectivity index (χ0v) is 12.0. The zero-order valence-electron chi connectivity index (χ0n) is 12.0. The monoisotopic (exact) mass is 272 g/mol. The fourth-order valence-corrected chi connectivity index (χ4v) is 2.79. The van der Waals surface area contributed by atoms with E-state index < -0.39 is 0 Å². The average molecular weight is 272 g/mol. The first-order valence-electron chi connectivity index (χ1n) is 7.21. The van der Waals surface area contributed by atoms with Gasteiger partial charge in [0.25, 0.3) is 0 Å². The van der Waals surface area contributed by atoms with Gasteiger partial charge in [-0.1, -0.05) is 5.16 Å². The number of nitrogens with zero attached hydrogens (tertiary/aromatic N) is 3. The molecule has 1 aliphatic heterocycles. The Hall–Kier alpha value is -1.75. The molecule has 1 saturated heterocycles. The molecule has 2 aromatic heterocycles. The Morgan fingerprint density at radius 3 is 2.80 bits per heavy atom. The summed E-state index contributed by atoms with van der Waals surface area (Å²) in [5.74, 6) is 0.791. The Balaban J connectivity index is 1.68. The molecule has 1 aliphatic rings. The molecule has 5 heteroatoms. The van der Waals surface area contributed by atoms with E-state index in [4.69, 9.17) is 4.52 Å². The standard InChI is InChI=1S/C15H20N4O/c1-10-15(11(2)20-19-10)14-9-17-13(8-18-14)6-5-12-4-3-7-16-12/h8-9,12,16H,3-7H2,1-2H3/t12-/m0/s1. The second kappa shape index (κ2) is 5.71. The Morgan fingerprint density at radius 2 is 2.20 bits per heavy atom. The van der Waals surface area contributed by atoms with Crippen molar-refractivity contribution >= 4 is 0 Å². The summed E-state index contributed by atoms with van der Waals surface area (Å²) >= 11 is 0. The van der Waals surface area contributed by atoms with Gasteiger partial charge in [0.2, 0.25) is 0 Å². The van der Waals surface area contributed by atoms with Crippen LogP contribution in [0, 0.1) is 13.8 Å². The van der Waals surface area contributed by atoms with Crippen LogP contribution in [0.3, 0.4) is 0 Å². The van der Waals surface area contributed by atoms with Crippen LogP contribution in [0.2, 0.25) is 0 Å². The van der Waals surface area contributed by atoms with Gasteiger partial charge in [0.15, 0.2) is 0 Å². The molecule has 0 unspecified atom stereocenters. The summed E-state index contributed by atoms with van der Waals surface area (Å²) in [6.07, 6.45) is 8.39. The Labute approximate surface area is 118 Å². The van der Waals surface area contributed by atoms with Crippen molar-refractivity contribution in [1.82, 2.24) is 20.4 Å². The molecule has 3 heterocycles. The summed E-state index contributed by atoms with van der Waals surface area (Å²) in [4.78, 5) is 9.02. The molecule has 106 valence electrons. The van der Waals surface area contributed by atoms with Crippen molar-refractivity contribution < 1.29 is 4.52 Å². The van der Waals surface area contributed by atoms with Gasteiger partial charge in [-0.2, -0.15) is 0 Å². The van der Waals surface area contributed by atoms with Gasteiger partial charge in [0.05, 0.1) is 28.8 Å². The number of nitrogens with one attached hydrogen (secondary N) is 1. The zero-order chi connectivity index (χ0) is 13.9. The summed E-state index contributed by atoms with van der Waals surface area (Å²) in [6, 6.07) is 0.652. The van der Waals surface area contributed by atoms with Gasteiger partial charge in [-0.05, 0) is 46.1 Å². The second-order valence-electron chi connectivity index (χ2n) is 5.42. The molecule has 5 nitrogen and oxygen atoms in total. The predicted molar refractivity (Wildman–Crippen MR) is 76.3 cm³/mol. The maximum absolute atomic E-state index is 5.17. The molecule has 1 atom stereocenters. The maximum atomic E-state index is 5.17. The molecule has 1 fully saturated rings. The number of hydrogen-bond acceptors (Lipinski definition) is 5.